The van der Waals surface area contributed by atoms with E-state index in [2.05, 4.69) is 265 Å². The monoisotopic (exact) mass is 818 g/mol. The fourth-order valence-electron chi connectivity index (χ4n) is 10.00. The van der Waals surface area contributed by atoms with Crippen LogP contribution in [0.4, 0.5) is 34.1 Å². The lowest BCUT2D eigenvalue weighted by Crippen LogP contribution is -2.29. The predicted octanol–water partition coefficient (Wildman–Crippen LogP) is 16.5. The minimum Gasteiger partial charge on any atom is -0.311 e. The van der Waals surface area contributed by atoms with Crippen LogP contribution in [0.15, 0.2) is 261 Å². The summed E-state index contributed by atoms with van der Waals surface area (Å²) in [6.07, 6.45) is 2.80. The average Bonchev–Trinajstić information content (AvgIpc) is 3.67. The van der Waals surface area contributed by atoms with Crippen molar-refractivity contribution in [1.82, 2.24) is 0 Å². The summed E-state index contributed by atoms with van der Waals surface area (Å²) in [5.74, 6) is 0. The van der Waals surface area contributed by atoms with E-state index in [9.17, 15) is 0 Å². The van der Waals surface area contributed by atoms with Crippen LogP contribution in [-0.2, 0) is 11.8 Å². The summed E-state index contributed by atoms with van der Waals surface area (Å²) in [5, 5.41) is 2.52. The smallest absolute Gasteiger partial charge is 0.0720 e. The number of rotatable bonds is 11. The van der Waals surface area contributed by atoms with Gasteiger partial charge in [0.15, 0.2) is 0 Å². The van der Waals surface area contributed by atoms with Crippen LogP contribution in [0.25, 0.3) is 33.0 Å². The molecule has 64 heavy (non-hydrogen) atoms. The van der Waals surface area contributed by atoms with Gasteiger partial charge < -0.3 is 9.80 Å². The third-order valence-corrected chi connectivity index (χ3v) is 12.9. The van der Waals surface area contributed by atoms with Crippen molar-refractivity contribution in [3.63, 3.8) is 0 Å². The molecule has 0 fully saturated rings. The van der Waals surface area contributed by atoms with Gasteiger partial charge in [0.05, 0.1) is 5.41 Å². The van der Waals surface area contributed by atoms with Crippen molar-refractivity contribution in [3.05, 3.63) is 289 Å². The third kappa shape index (κ3) is 6.68. The number of fused-ring (bicyclic) bond motifs is 5. The van der Waals surface area contributed by atoms with Gasteiger partial charge in [-0.25, -0.2) is 0 Å². The Morgan fingerprint density at radius 3 is 1.33 bits per heavy atom. The molecule has 0 heterocycles. The van der Waals surface area contributed by atoms with Gasteiger partial charge in [0.2, 0.25) is 0 Å². The van der Waals surface area contributed by atoms with E-state index in [-0.39, 0.29) is 0 Å². The molecule has 0 atom stereocenters. The van der Waals surface area contributed by atoms with Gasteiger partial charge in [-0.05, 0) is 140 Å². The van der Waals surface area contributed by atoms with E-state index in [4.69, 9.17) is 0 Å². The Morgan fingerprint density at radius 1 is 0.375 bits per heavy atom. The normalized spacial score (nSPS) is 12.3. The molecule has 0 aliphatic heterocycles. The van der Waals surface area contributed by atoms with Crippen LogP contribution >= 0.6 is 0 Å². The molecule has 0 aromatic heterocycles. The van der Waals surface area contributed by atoms with Gasteiger partial charge in [0.25, 0.3) is 0 Å². The highest BCUT2D eigenvalue weighted by molar-refractivity contribution is 6.01. The van der Waals surface area contributed by atoms with E-state index in [1.54, 1.807) is 0 Å². The molecular weight excluding hydrogens is 773 g/mol. The molecule has 11 rings (SSSR count). The highest BCUT2D eigenvalue weighted by Crippen LogP contribution is 2.59. The van der Waals surface area contributed by atoms with Gasteiger partial charge in [-0.15, -0.1) is 6.58 Å². The maximum absolute atomic E-state index is 3.92. The van der Waals surface area contributed by atoms with Crippen molar-refractivity contribution in [1.29, 1.82) is 0 Å². The molecule has 0 saturated heterocycles. The van der Waals surface area contributed by atoms with E-state index in [1.165, 1.54) is 49.7 Å². The minimum atomic E-state index is -0.548. The first-order valence-electron chi connectivity index (χ1n) is 22.1. The van der Waals surface area contributed by atoms with Gasteiger partial charge >= 0.3 is 0 Å². The zero-order valence-corrected chi connectivity index (χ0v) is 35.6. The Bertz CT molecular complexity index is 3170. The van der Waals surface area contributed by atoms with Crippen molar-refractivity contribution in [3.8, 4) is 22.3 Å². The van der Waals surface area contributed by atoms with Crippen molar-refractivity contribution >= 4 is 44.9 Å². The Kier molecular flexibility index (Phi) is 10.0. The van der Waals surface area contributed by atoms with Gasteiger partial charge in [-0.3, -0.25) is 0 Å². The molecule has 0 bridgehead atoms. The Labute approximate surface area is 376 Å². The highest BCUT2D eigenvalue weighted by Gasteiger charge is 2.47. The average molecular weight is 819 g/mol. The van der Waals surface area contributed by atoms with Gasteiger partial charge in [-0.2, -0.15) is 0 Å². The second kappa shape index (κ2) is 16.6. The maximum atomic E-state index is 3.92. The molecule has 0 N–H and O–H groups in total. The maximum Gasteiger partial charge on any atom is 0.0720 e. The second-order valence-corrected chi connectivity index (χ2v) is 16.5. The molecule has 0 unspecified atom stereocenters. The number of allylic oxidation sites excluding steroid dienone is 1. The van der Waals surface area contributed by atoms with Crippen molar-refractivity contribution < 1.29 is 0 Å². The molecule has 304 valence electrons. The van der Waals surface area contributed by atoms with Crippen molar-refractivity contribution in [2.45, 2.75) is 11.8 Å². The van der Waals surface area contributed by atoms with Crippen LogP contribution in [0.5, 0.6) is 0 Å². The van der Waals surface area contributed by atoms with E-state index in [0.717, 1.165) is 51.7 Å². The van der Waals surface area contributed by atoms with Crippen LogP contribution < -0.4 is 9.80 Å². The summed E-state index contributed by atoms with van der Waals surface area (Å²) in [6.45, 7) is 3.92. The number of hydrogen-bond donors (Lipinski definition) is 0. The molecule has 0 amide bonds. The van der Waals surface area contributed by atoms with Crippen molar-refractivity contribution in [2.75, 3.05) is 9.80 Å². The predicted molar refractivity (Wildman–Crippen MR) is 270 cm³/mol. The zero-order valence-electron chi connectivity index (χ0n) is 35.6. The first kappa shape index (κ1) is 38.7. The van der Waals surface area contributed by atoms with E-state index < -0.39 is 5.41 Å². The summed E-state index contributed by atoms with van der Waals surface area (Å²) in [7, 11) is 0. The fraction of sp³-hybridized carbons (Fsp3) is 0.0323. The third-order valence-electron chi connectivity index (χ3n) is 12.9. The summed E-state index contributed by atoms with van der Waals surface area (Å²) in [4.78, 5) is 4.71. The number of nitrogens with zero attached hydrogens (tertiary/aromatic N) is 2. The van der Waals surface area contributed by atoms with Crippen LogP contribution in [0.3, 0.4) is 0 Å². The molecule has 10 aromatic carbocycles. The second-order valence-electron chi connectivity index (χ2n) is 16.5. The van der Waals surface area contributed by atoms with Crippen LogP contribution in [0.1, 0.15) is 27.8 Å². The number of anilines is 6. The molecule has 2 heteroatoms. The van der Waals surface area contributed by atoms with Crippen LogP contribution in [-0.4, -0.2) is 0 Å². The van der Waals surface area contributed by atoms with Crippen LogP contribution in [0.2, 0.25) is 0 Å². The Morgan fingerprint density at radius 2 is 0.797 bits per heavy atom. The number of hydrogen-bond acceptors (Lipinski definition) is 2. The van der Waals surface area contributed by atoms with Gasteiger partial charge in [0, 0.05) is 34.1 Å². The van der Waals surface area contributed by atoms with E-state index in [0.29, 0.717) is 0 Å². The van der Waals surface area contributed by atoms with Gasteiger partial charge in [-0.1, -0.05) is 182 Å². The molecule has 10 aromatic rings. The molecular formula is C62H46N2. The Hall–Kier alpha value is -8.20. The van der Waals surface area contributed by atoms with E-state index >= 15 is 0 Å². The first-order valence-corrected chi connectivity index (χ1v) is 22.1. The lowest BCUT2D eigenvalue weighted by molar-refractivity contribution is 0.775. The summed E-state index contributed by atoms with van der Waals surface area (Å²) in [5.41, 5.74) is 17.3. The summed E-state index contributed by atoms with van der Waals surface area (Å²) >= 11 is 0. The van der Waals surface area contributed by atoms with Crippen molar-refractivity contribution in [2.24, 2.45) is 0 Å². The summed E-state index contributed by atoms with van der Waals surface area (Å²) < 4.78 is 0. The zero-order chi connectivity index (χ0) is 42.9. The number of para-hydroxylation sites is 2. The molecule has 0 spiro atoms. The quantitative estimate of drug-likeness (QED) is 0.120. The van der Waals surface area contributed by atoms with Crippen LogP contribution in [0, 0.1) is 0 Å². The first-order chi connectivity index (χ1) is 31.7. The number of benzene rings is 10. The molecule has 1 aliphatic carbocycles. The largest absolute Gasteiger partial charge is 0.311 e. The molecule has 0 radical (unpaired) electrons. The lowest BCUT2D eigenvalue weighted by atomic mass is 9.66. The summed E-state index contributed by atoms with van der Waals surface area (Å²) in [6, 6.07) is 90.8. The molecule has 1 aliphatic rings. The lowest BCUT2D eigenvalue weighted by Gasteiger charge is -2.35. The minimum absolute atomic E-state index is 0.548. The van der Waals surface area contributed by atoms with E-state index in [1.807, 2.05) is 6.08 Å². The fourth-order valence-corrected chi connectivity index (χ4v) is 10.00. The molecule has 2 nitrogen and oxygen atoms in total. The Balaban J connectivity index is 1.01. The topological polar surface area (TPSA) is 6.48 Å². The molecule has 0 saturated carbocycles. The van der Waals surface area contributed by atoms with Gasteiger partial charge in [0.1, 0.15) is 0 Å². The SMILES string of the molecule is C=CCc1ccc(N(c2ccccc2)c2ccc(-c3ccc(N(c4ccccc4)c4ccc5c(c4)C(c4ccccc4)(c4ccccc4)c4c-5ccc5ccccc45)cc3)cc2)cc1. The standard InChI is InChI=1S/C62H46N2/c1-2-17-45-28-35-53(36-29-45)63(51-23-11-5-12-24-51)54-37-30-46(31-38-54)47-32-39-55(40-33-47)64(52-25-13-6-14-26-52)56-41-43-58-59-42-34-48-18-15-16-27-57(48)61(59)62(60(58)44-56,49-19-7-3-8-20-49)50-21-9-4-10-22-50/h2-16,18-44H,1,17H2. The highest BCUT2D eigenvalue weighted by atomic mass is 15.1.